The maximum absolute atomic E-state index is 13.1. The van der Waals surface area contributed by atoms with Gasteiger partial charge >= 0.3 is 0 Å². The smallest absolute Gasteiger partial charge is 0.123 e. The van der Waals surface area contributed by atoms with E-state index in [1.807, 2.05) is 12.1 Å². The Morgan fingerprint density at radius 1 is 0.947 bits per heavy atom. The summed E-state index contributed by atoms with van der Waals surface area (Å²) in [4.78, 5) is 0. The lowest BCUT2D eigenvalue weighted by atomic mass is 9.64. The molecule has 1 saturated carbocycles. The molecule has 1 aliphatic carbocycles. The second-order valence-corrected chi connectivity index (χ2v) is 6.33. The lowest BCUT2D eigenvalue weighted by Crippen LogP contribution is -2.43. The summed E-state index contributed by atoms with van der Waals surface area (Å²) in [6.07, 6.45) is 9.54. The normalized spacial score (nSPS) is 27.1. The molecule has 2 fully saturated rings. The fraction of sp³-hybridized carbons (Fsp3) is 0.647. The Balaban J connectivity index is 1.89. The van der Waals surface area contributed by atoms with Crippen molar-refractivity contribution in [2.75, 3.05) is 13.1 Å². The van der Waals surface area contributed by atoms with Gasteiger partial charge in [-0.05, 0) is 48.9 Å². The van der Waals surface area contributed by atoms with E-state index in [1.165, 1.54) is 50.5 Å². The molecule has 0 radical (unpaired) electrons. The highest BCUT2D eigenvalue weighted by atomic mass is 19.1. The second kappa shape index (κ2) is 5.62. The molecule has 1 atom stereocenters. The van der Waals surface area contributed by atoms with Crippen LogP contribution >= 0.6 is 0 Å². The van der Waals surface area contributed by atoms with Crippen molar-refractivity contribution < 1.29 is 4.39 Å². The molecule has 2 aliphatic rings. The Hall–Kier alpha value is -0.890. The number of benzene rings is 1. The third kappa shape index (κ3) is 2.69. The summed E-state index contributed by atoms with van der Waals surface area (Å²) in [5.41, 5.74) is 1.80. The van der Waals surface area contributed by atoms with Crippen LogP contribution in [-0.4, -0.2) is 13.1 Å². The van der Waals surface area contributed by atoms with E-state index in [2.05, 4.69) is 5.32 Å². The highest BCUT2D eigenvalue weighted by Crippen LogP contribution is 2.49. The van der Waals surface area contributed by atoms with Gasteiger partial charge in [0, 0.05) is 12.5 Å². The van der Waals surface area contributed by atoms with Crippen molar-refractivity contribution in [2.24, 2.45) is 5.41 Å². The van der Waals surface area contributed by atoms with Gasteiger partial charge < -0.3 is 5.32 Å². The summed E-state index contributed by atoms with van der Waals surface area (Å²) in [5, 5.41) is 3.55. The fourth-order valence-corrected chi connectivity index (χ4v) is 4.17. The monoisotopic (exact) mass is 261 g/mol. The lowest BCUT2D eigenvalue weighted by Gasteiger charge is -2.45. The van der Waals surface area contributed by atoms with E-state index in [0.29, 0.717) is 11.3 Å². The minimum atomic E-state index is -0.123. The van der Waals surface area contributed by atoms with Crippen LogP contribution in [0.4, 0.5) is 4.39 Å². The highest BCUT2D eigenvalue weighted by Gasteiger charge is 2.41. The van der Waals surface area contributed by atoms with Gasteiger partial charge in [0.05, 0.1) is 0 Å². The van der Waals surface area contributed by atoms with E-state index >= 15 is 0 Å². The molecule has 3 rings (SSSR count). The first kappa shape index (κ1) is 13.1. The molecule has 104 valence electrons. The first-order valence-electron chi connectivity index (χ1n) is 7.76. The van der Waals surface area contributed by atoms with E-state index in [-0.39, 0.29) is 5.82 Å². The molecular weight excluding hydrogens is 237 g/mol. The average Bonchev–Trinajstić information content (AvgIpc) is 2.67. The molecule has 0 bridgehead atoms. The Morgan fingerprint density at radius 2 is 1.63 bits per heavy atom. The highest BCUT2D eigenvalue weighted by molar-refractivity contribution is 5.24. The van der Waals surface area contributed by atoms with Gasteiger partial charge in [-0.2, -0.15) is 0 Å². The van der Waals surface area contributed by atoms with Crippen LogP contribution in [-0.2, 0) is 0 Å². The van der Waals surface area contributed by atoms with E-state index < -0.39 is 0 Å². The molecule has 0 amide bonds. The van der Waals surface area contributed by atoms with Crippen LogP contribution in [0, 0.1) is 11.2 Å². The van der Waals surface area contributed by atoms with Gasteiger partial charge in [-0.1, -0.05) is 37.8 Å². The number of hydrogen-bond donors (Lipinski definition) is 1. The standard InChI is InChI=1S/C17H24FN/c18-15-7-5-14(6-8-15)16-13-19-12-11-17(16)9-3-1-2-4-10-17/h5-8,16,19H,1-4,9-13H2. The molecule has 0 aromatic heterocycles. The molecule has 1 saturated heterocycles. The second-order valence-electron chi connectivity index (χ2n) is 6.33. The van der Waals surface area contributed by atoms with Crippen LogP contribution in [0.2, 0.25) is 0 Å². The molecule has 1 nitrogen and oxygen atoms in total. The van der Waals surface area contributed by atoms with Crippen LogP contribution in [0.5, 0.6) is 0 Å². The zero-order valence-electron chi connectivity index (χ0n) is 11.6. The number of nitrogens with one attached hydrogen (secondary N) is 1. The van der Waals surface area contributed by atoms with Gasteiger partial charge in [-0.15, -0.1) is 0 Å². The van der Waals surface area contributed by atoms with Crippen molar-refractivity contribution in [3.05, 3.63) is 35.6 Å². The van der Waals surface area contributed by atoms with Crippen LogP contribution < -0.4 is 5.32 Å². The van der Waals surface area contributed by atoms with Gasteiger partial charge in [-0.25, -0.2) is 4.39 Å². The minimum absolute atomic E-state index is 0.123. The Labute approximate surface area is 115 Å². The quantitative estimate of drug-likeness (QED) is 0.797. The van der Waals surface area contributed by atoms with Gasteiger partial charge in [0.1, 0.15) is 5.82 Å². The third-order valence-electron chi connectivity index (χ3n) is 5.26. The molecular formula is C17H24FN. The summed E-state index contributed by atoms with van der Waals surface area (Å²) < 4.78 is 13.1. The van der Waals surface area contributed by atoms with E-state index in [4.69, 9.17) is 0 Å². The summed E-state index contributed by atoms with van der Waals surface area (Å²) in [6.45, 7) is 2.21. The first-order chi connectivity index (χ1) is 9.30. The van der Waals surface area contributed by atoms with Crippen molar-refractivity contribution in [2.45, 2.75) is 50.9 Å². The van der Waals surface area contributed by atoms with Crippen LogP contribution in [0.3, 0.4) is 0 Å². The van der Waals surface area contributed by atoms with Crippen molar-refractivity contribution in [3.8, 4) is 0 Å². The lowest BCUT2D eigenvalue weighted by molar-refractivity contribution is 0.136. The molecule has 1 heterocycles. The molecule has 1 aromatic carbocycles. The molecule has 1 N–H and O–H groups in total. The average molecular weight is 261 g/mol. The van der Waals surface area contributed by atoms with Gasteiger partial charge in [-0.3, -0.25) is 0 Å². The first-order valence-corrected chi connectivity index (χ1v) is 7.76. The number of piperidine rings is 1. The molecule has 19 heavy (non-hydrogen) atoms. The van der Waals surface area contributed by atoms with E-state index in [0.717, 1.165) is 13.1 Å². The summed E-state index contributed by atoms with van der Waals surface area (Å²) >= 11 is 0. The topological polar surface area (TPSA) is 12.0 Å². The SMILES string of the molecule is Fc1ccc(C2CNCCC23CCCCCC3)cc1. The number of rotatable bonds is 1. The van der Waals surface area contributed by atoms with Crippen molar-refractivity contribution in [1.29, 1.82) is 0 Å². The Morgan fingerprint density at radius 3 is 2.32 bits per heavy atom. The predicted molar refractivity (Wildman–Crippen MR) is 76.8 cm³/mol. The largest absolute Gasteiger partial charge is 0.316 e. The minimum Gasteiger partial charge on any atom is -0.316 e. The molecule has 1 unspecified atom stereocenters. The maximum atomic E-state index is 13.1. The number of halogens is 1. The molecule has 1 aromatic rings. The molecule has 2 heteroatoms. The zero-order valence-corrected chi connectivity index (χ0v) is 11.6. The van der Waals surface area contributed by atoms with Gasteiger partial charge in [0.15, 0.2) is 0 Å². The van der Waals surface area contributed by atoms with Gasteiger partial charge in [0.2, 0.25) is 0 Å². The summed E-state index contributed by atoms with van der Waals surface area (Å²) in [7, 11) is 0. The van der Waals surface area contributed by atoms with Crippen molar-refractivity contribution in [3.63, 3.8) is 0 Å². The Kier molecular flexibility index (Phi) is 3.88. The third-order valence-corrected chi connectivity index (χ3v) is 5.26. The fourth-order valence-electron chi connectivity index (χ4n) is 4.17. The number of hydrogen-bond acceptors (Lipinski definition) is 1. The Bertz CT molecular complexity index is 404. The predicted octanol–water partition coefficient (Wildman–Crippen LogP) is 4.24. The summed E-state index contributed by atoms with van der Waals surface area (Å²) in [5.74, 6) is 0.447. The maximum Gasteiger partial charge on any atom is 0.123 e. The van der Waals surface area contributed by atoms with E-state index in [9.17, 15) is 4.39 Å². The van der Waals surface area contributed by atoms with Crippen LogP contribution in [0.15, 0.2) is 24.3 Å². The van der Waals surface area contributed by atoms with Crippen molar-refractivity contribution in [1.82, 2.24) is 5.32 Å². The van der Waals surface area contributed by atoms with E-state index in [1.54, 1.807) is 12.1 Å². The van der Waals surface area contributed by atoms with Gasteiger partial charge in [0.25, 0.3) is 0 Å². The van der Waals surface area contributed by atoms with Crippen LogP contribution in [0.25, 0.3) is 0 Å². The molecule has 1 spiro atoms. The van der Waals surface area contributed by atoms with Crippen LogP contribution in [0.1, 0.15) is 56.4 Å². The van der Waals surface area contributed by atoms with Crippen molar-refractivity contribution >= 4 is 0 Å². The summed E-state index contributed by atoms with van der Waals surface area (Å²) in [6, 6.07) is 7.24. The zero-order chi connectivity index (χ0) is 13.1. The molecule has 1 aliphatic heterocycles.